The number of rotatable bonds is 57. The van der Waals surface area contributed by atoms with Crippen LogP contribution < -0.4 is 14.8 Å². The van der Waals surface area contributed by atoms with Crippen LogP contribution in [0.5, 0.6) is 11.5 Å². The van der Waals surface area contributed by atoms with Crippen LogP contribution in [0.1, 0.15) is 105 Å². The second kappa shape index (κ2) is 41.2. The highest BCUT2D eigenvalue weighted by atomic mass is 16.6. The summed E-state index contributed by atoms with van der Waals surface area (Å²) in [5, 5.41) is 63.8. The molecule has 104 heavy (non-hydrogen) atoms. The number of aliphatic carboxylic acids is 1. The van der Waals surface area contributed by atoms with Gasteiger partial charge in [-0.2, -0.15) is 0 Å². The van der Waals surface area contributed by atoms with E-state index >= 15 is 0 Å². The van der Waals surface area contributed by atoms with Gasteiger partial charge in [-0.3, -0.25) is 19.3 Å². The number of carboxylic acid groups (broad SMARTS) is 1. The molecular formula is C73H109N9O22. The monoisotopic (exact) mass is 1460 g/mol. The quantitative estimate of drug-likeness (QED) is 0.0183. The van der Waals surface area contributed by atoms with Crippen LogP contribution in [0.4, 0.5) is 0 Å². The fourth-order valence-corrected chi connectivity index (χ4v) is 14.1. The van der Waals surface area contributed by atoms with Gasteiger partial charge in [-0.25, -0.2) is 9.36 Å². The molecule has 1 saturated heterocycles. The van der Waals surface area contributed by atoms with Gasteiger partial charge in [-0.15, -0.1) is 10.2 Å². The number of amides is 1. The highest BCUT2D eigenvalue weighted by Crippen LogP contribution is 2.66. The number of piperidine rings is 1. The summed E-state index contributed by atoms with van der Waals surface area (Å²) in [6.45, 7) is 14.9. The topological polar surface area (TPSA) is 363 Å². The number of ether oxygens (including phenoxy) is 15. The van der Waals surface area contributed by atoms with E-state index in [-0.39, 0.29) is 97.5 Å². The second-order valence-corrected chi connectivity index (χ2v) is 27.6. The molecule has 1 spiro atoms. The number of esters is 1. The molecule has 0 radical (unpaired) electrons. The van der Waals surface area contributed by atoms with Crippen molar-refractivity contribution in [3.05, 3.63) is 83.1 Å². The number of benzene rings is 2. The van der Waals surface area contributed by atoms with Crippen molar-refractivity contribution in [2.75, 3.05) is 185 Å². The molecule has 578 valence electrons. The lowest BCUT2D eigenvalue weighted by Crippen LogP contribution is -2.78. The highest BCUT2D eigenvalue weighted by molar-refractivity contribution is 6.05. The van der Waals surface area contributed by atoms with Crippen LogP contribution in [-0.4, -0.2) is 287 Å². The summed E-state index contributed by atoms with van der Waals surface area (Å²) >= 11 is 0. The fraction of sp³-hybridized carbons (Fsp3) is 0.712. The van der Waals surface area contributed by atoms with Gasteiger partial charge >= 0.3 is 11.9 Å². The molecule has 31 heteroatoms. The summed E-state index contributed by atoms with van der Waals surface area (Å²) in [6, 6.07) is 11.0. The molecule has 6 N–H and O–H groups in total. The van der Waals surface area contributed by atoms with Crippen molar-refractivity contribution in [1.29, 1.82) is 0 Å². The first-order chi connectivity index (χ1) is 50.8. The van der Waals surface area contributed by atoms with Crippen molar-refractivity contribution < 1.29 is 106 Å². The van der Waals surface area contributed by atoms with Crippen molar-refractivity contribution >= 4 is 28.7 Å². The number of carbonyl (C=O) groups is 3. The molecule has 10 rings (SSSR count). The molecule has 5 aliphatic rings. The SMILES string of the molecule is CCC(CO)(COCc1cn(CCOCCOCCOCCOCCOCCC(=O)O)nn1)COCC(CC)(CO)COCc1cn(CCOCCOCCOCCOCCOCCC(=O)Oc2ccc3c4c2O[C@H]2[C@@H](NC(=O)c5cccc6cc[nH]c56)CC[C@@]5(O)C(C3)N(CC3CC3)CCC425)nn1. The van der Waals surface area contributed by atoms with Crippen LogP contribution in [0, 0.1) is 16.7 Å². The van der Waals surface area contributed by atoms with E-state index in [4.69, 9.17) is 76.2 Å². The van der Waals surface area contributed by atoms with E-state index in [1.54, 1.807) is 21.8 Å². The van der Waals surface area contributed by atoms with Gasteiger partial charge in [0.15, 0.2) is 11.5 Å². The predicted octanol–water partition coefficient (Wildman–Crippen LogP) is 3.88. The predicted molar refractivity (Wildman–Crippen MR) is 373 cm³/mol. The number of H-pyrrole nitrogens is 1. The number of nitrogens with zero attached hydrogens (tertiary/aromatic N) is 7. The number of aliphatic hydroxyl groups excluding tert-OH is 2. The summed E-state index contributed by atoms with van der Waals surface area (Å²) < 4.78 is 90.3. The van der Waals surface area contributed by atoms with Crippen LogP contribution in [0.3, 0.4) is 0 Å². The zero-order valence-corrected chi connectivity index (χ0v) is 60.5. The van der Waals surface area contributed by atoms with Gasteiger partial charge in [-0.05, 0) is 87.6 Å². The number of carboxylic acids is 1. The van der Waals surface area contributed by atoms with E-state index in [0.717, 1.165) is 35.1 Å². The Morgan fingerprint density at radius 3 is 1.66 bits per heavy atom. The van der Waals surface area contributed by atoms with Crippen molar-refractivity contribution in [3.63, 3.8) is 0 Å². The maximum Gasteiger partial charge on any atom is 0.313 e. The van der Waals surface area contributed by atoms with E-state index in [1.165, 1.54) is 12.8 Å². The Balaban J connectivity index is 0.518. The summed E-state index contributed by atoms with van der Waals surface area (Å²) in [7, 11) is 0. The molecule has 2 saturated carbocycles. The van der Waals surface area contributed by atoms with Crippen LogP contribution >= 0.6 is 0 Å². The van der Waals surface area contributed by atoms with Gasteiger partial charge < -0.3 is 102 Å². The maximum atomic E-state index is 14.1. The Bertz CT molecular complexity index is 3380. The number of likely N-dealkylation sites (tertiary alicyclic amines) is 1. The normalized spacial score (nSPS) is 20.9. The molecule has 4 unspecified atom stereocenters. The van der Waals surface area contributed by atoms with E-state index < -0.39 is 45.9 Å². The molecule has 5 aromatic rings. The molecule has 1 amide bonds. The smallest absolute Gasteiger partial charge is 0.313 e. The summed E-state index contributed by atoms with van der Waals surface area (Å²) in [4.78, 5) is 43.6. The number of aromatic amines is 1. The number of para-hydroxylation sites is 1. The van der Waals surface area contributed by atoms with E-state index in [1.807, 2.05) is 56.4 Å². The minimum Gasteiger partial charge on any atom is -0.483 e. The number of fused-ring (bicyclic) bond motifs is 1. The average molecular weight is 1460 g/mol. The zero-order valence-electron chi connectivity index (χ0n) is 60.5. The molecule has 2 bridgehead atoms. The Kier molecular flexibility index (Phi) is 31.8. The fourth-order valence-electron chi connectivity index (χ4n) is 14.1. The molecule has 2 aromatic carbocycles. The van der Waals surface area contributed by atoms with E-state index in [0.29, 0.717) is 198 Å². The molecule has 2 aliphatic heterocycles. The third kappa shape index (κ3) is 22.2. The summed E-state index contributed by atoms with van der Waals surface area (Å²) in [5.41, 5.74) is 1.39. The van der Waals surface area contributed by atoms with Crippen molar-refractivity contribution in [2.45, 2.75) is 134 Å². The number of hydrogen-bond donors (Lipinski definition) is 6. The largest absolute Gasteiger partial charge is 0.483 e. The third-order valence-electron chi connectivity index (χ3n) is 20.4. The van der Waals surface area contributed by atoms with Crippen LogP contribution in [-0.2, 0) is 109 Å². The Morgan fingerprint density at radius 1 is 0.625 bits per heavy atom. The van der Waals surface area contributed by atoms with Gasteiger partial charge in [0, 0.05) is 40.6 Å². The molecular weight excluding hydrogens is 1350 g/mol. The summed E-state index contributed by atoms with van der Waals surface area (Å²) in [6.07, 6.45) is 10.9. The lowest BCUT2D eigenvalue weighted by molar-refractivity contribution is -0.191. The third-order valence-corrected chi connectivity index (χ3v) is 20.4. The molecule has 3 aromatic heterocycles. The Labute approximate surface area is 607 Å². The van der Waals surface area contributed by atoms with Crippen molar-refractivity contribution in [2.24, 2.45) is 16.7 Å². The van der Waals surface area contributed by atoms with Crippen LogP contribution in [0.25, 0.3) is 10.9 Å². The van der Waals surface area contributed by atoms with Gasteiger partial charge in [0.1, 0.15) is 17.5 Å². The lowest BCUT2D eigenvalue weighted by Gasteiger charge is -2.64. The van der Waals surface area contributed by atoms with E-state index in [9.17, 15) is 29.7 Å². The molecule has 3 aliphatic carbocycles. The molecule has 3 fully saturated rings. The number of aromatic nitrogens is 7. The van der Waals surface area contributed by atoms with Gasteiger partial charge in [0.2, 0.25) is 0 Å². The van der Waals surface area contributed by atoms with Crippen molar-refractivity contribution in [3.8, 4) is 11.5 Å². The van der Waals surface area contributed by atoms with Gasteiger partial charge in [-0.1, -0.05) is 42.5 Å². The Hall–Kier alpha value is -6.21. The molecule has 7 atom stereocenters. The number of aliphatic hydroxyl groups is 3. The number of carbonyl (C=O) groups excluding carboxylic acids is 2. The Morgan fingerprint density at radius 2 is 1.14 bits per heavy atom. The number of nitrogens with one attached hydrogen (secondary N) is 2. The zero-order chi connectivity index (χ0) is 72.9. The molecule has 5 heterocycles. The highest BCUT2D eigenvalue weighted by Gasteiger charge is 2.73. The van der Waals surface area contributed by atoms with Gasteiger partial charge in [0.25, 0.3) is 5.91 Å². The summed E-state index contributed by atoms with van der Waals surface area (Å²) in [5.74, 6) is -0.0831. The second-order valence-electron chi connectivity index (χ2n) is 27.6. The molecule has 31 nitrogen and oxygen atoms in total. The number of hydrogen-bond acceptors (Lipinski definition) is 26. The standard InChI is InChI=1S/C73H109N9O22/c1-3-70(48-83,50-100-46-57-44-81(78-76-57)20-24-92-28-32-96-36-40-98-38-34-94-30-26-90-22-14-63(85)86)52-102-53-71(4-2,49-84)51-101-47-58-45-82(79-77-58)21-25-93-29-33-97-37-41-99-39-35-95-31-27-91-23-15-64(87)103-61-11-10-56-42-62-73(89)16-12-60(75-69(88)59-7-5-6-55-13-18-74-66(55)59)68-72(73,65(56)67(61)104-68)17-19-80(62)43-54-8-9-54/h5-7,10-11,13,18,44-45,54,60,62,68,74,83-84,89H,3-4,8-9,12,14-17,19-43,46-53H2,1-2H3,(H,75,88)(H,85,86)/t60-,62?,68-,70?,71?,72?,73+/m0/s1. The first kappa shape index (κ1) is 80.3. The van der Waals surface area contributed by atoms with Crippen LogP contribution in [0.15, 0.2) is 55.0 Å². The van der Waals surface area contributed by atoms with Crippen molar-refractivity contribution in [1.82, 2.24) is 45.2 Å². The average Bonchev–Trinajstić information content (AvgIpc) is 1.44. The maximum absolute atomic E-state index is 14.1. The minimum atomic E-state index is -1.09. The van der Waals surface area contributed by atoms with E-state index in [2.05, 4.69) is 35.8 Å². The minimum absolute atomic E-state index is 0.0142. The van der Waals surface area contributed by atoms with Crippen LogP contribution in [0.2, 0.25) is 0 Å². The van der Waals surface area contributed by atoms with Gasteiger partial charge in [0.05, 0.1) is 251 Å². The first-order valence-electron chi connectivity index (χ1n) is 36.9. The first-order valence-corrected chi connectivity index (χ1v) is 36.9. The lowest BCUT2D eigenvalue weighted by atomic mass is 9.48.